The number of nitrogens with one attached hydrogen (secondary N) is 6. The van der Waals surface area contributed by atoms with E-state index >= 15 is 0 Å². The van der Waals surface area contributed by atoms with E-state index in [9.17, 15) is 85.4 Å². The van der Waals surface area contributed by atoms with Crippen molar-refractivity contribution in [3.63, 3.8) is 0 Å². The molecule has 0 aliphatic rings. The number of carbonyl (C=O) groups excluding carboxylic acids is 14. The second kappa shape index (κ2) is 39.9. The van der Waals surface area contributed by atoms with Gasteiger partial charge in [-0.25, -0.2) is 38.4 Å². The maximum Gasteiger partial charge on any atom is 0.430 e. The molecule has 0 aromatic rings. The third-order valence-corrected chi connectivity index (χ3v) is 12.9. The molecule has 0 bridgehead atoms. The summed E-state index contributed by atoms with van der Waals surface area (Å²) in [6.07, 6.45) is -15.9. The molecule has 0 aliphatic carbocycles. The number of esters is 7. The number of alkyl halides is 6. The van der Waals surface area contributed by atoms with E-state index in [4.69, 9.17) is 83.6 Å². The summed E-state index contributed by atoms with van der Waals surface area (Å²) in [5.74, 6) is -22.3. The van der Waals surface area contributed by atoms with E-state index in [-0.39, 0.29) is 0 Å². The Morgan fingerprint density at radius 3 is 0.914 bits per heavy atom. The number of ether oxygens (including phenoxy) is 7. The minimum Gasteiger partial charge on any atom is -0.542 e. The minimum atomic E-state index is -5.19. The van der Waals surface area contributed by atoms with Crippen LogP contribution in [-0.2, 0) is 100 Å². The van der Waals surface area contributed by atoms with Gasteiger partial charge in [0, 0.05) is 5.92 Å². The van der Waals surface area contributed by atoms with E-state index < -0.39 is 227 Å². The zero-order valence-corrected chi connectivity index (χ0v) is 56.8. The average Bonchev–Trinajstić information content (AvgIpc) is 0.906. The fraction of sp³-hybridized carbons (Fsp3) is 0.732. The molecule has 0 saturated heterocycles. The van der Waals surface area contributed by atoms with Crippen molar-refractivity contribution in [3.8, 4) is 0 Å². The van der Waals surface area contributed by atoms with Gasteiger partial charge in [-0.05, 0) is 63.2 Å². The zero-order valence-electron chi connectivity index (χ0n) is 54.6. The molecule has 0 saturated carbocycles. The van der Waals surface area contributed by atoms with Crippen molar-refractivity contribution in [3.05, 3.63) is 0 Å². The van der Waals surface area contributed by atoms with Gasteiger partial charge in [0.1, 0.15) is 48.8 Å². The van der Waals surface area contributed by atoms with E-state index in [1.54, 1.807) is 55.4 Å². The molecule has 0 spiro atoms. The third-order valence-electron chi connectivity index (χ3n) is 12.5. The van der Waals surface area contributed by atoms with Crippen LogP contribution in [0.2, 0.25) is 0 Å². The number of primary amides is 1. The number of carboxylic acid groups (broad SMARTS) is 2. The lowest BCUT2D eigenvalue weighted by molar-refractivity contribution is -0.344. The molecule has 0 rings (SSSR count). The lowest BCUT2D eigenvalue weighted by atomic mass is 10.0. The van der Waals surface area contributed by atoms with E-state index in [0.29, 0.717) is 0 Å². The molecule has 37 heteroatoms. The molecule has 9 N–H and O–H groups in total. The fourth-order valence-electron chi connectivity index (χ4n) is 7.13. The highest BCUT2D eigenvalue weighted by molar-refractivity contribution is 6.67. The summed E-state index contributed by atoms with van der Waals surface area (Å²) >= 11 is 16.9. The Labute approximate surface area is 550 Å². The van der Waals surface area contributed by atoms with Gasteiger partial charge in [0.05, 0.1) is 6.42 Å². The van der Waals surface area contributed by atoms with Gasteiger partial charge in [0.2, 0.25) is 9.90 Å². The van der Waals surface area contributed by atoms with Gasteiger partial charge in [-0.1, -0.05) is 132 Å². The fourth-order valence-corrected chi connectivity index (χ4v) is 7.30. The number of nitrogens with two attached hydrogens (primary N) is 1. The third kappa shape index (κ3) is 32.8. The molecule has 11 unspecified atom stereocenters. The molecular weight excluding hydrogens is 1320 g/mol. The van der Waals surface area contributed by atoms with Gasteiger partial charge in [0.15, 0.2) is 30.5 Å². The van der Waals surface area contributed by atoms with E-state index in [1.807, 2.05) is 0 Å². The van der Waals surface area contributed by atoms with Crippen molar-refractivity contribution in [1.29, 1.82) is 0 Å². The maximum atomic E-state index is 13.8. The van der Waals surface area contributed by atoms with E-state index in [2.05, 4.69) is 31.9 Å². The van der Waals surface area contributed by atoms with Crippen molar-refractivity contribution in [2.24, 2.45) is 47.2 Å². The highest BCUT2D eigenvalue weighted by Crippen LogP contribution is 2.26. The molecule has 0 heterocycles. The second-order valence-electron chi connectivity index (χ2n) is 23.3. The van der Waals surface area contributed by atoms with Crippen molar-refractivity contribution in [2.45, 2.75) is 214 Å². The second-order valence-corrected chi connectivity index (χ2v) is 25.9. The first kappa shape index (κ1) is 87.6. The van der Waals surface area contributed by atoms with Gasteiger partial charge in [-0.3, -0.25) is 28.8 Å². The number of halogens is 6. The summed E-state index contributed by atoms with van der Waals surface area (Å²) in [4.78, 5) is 192. The Bertz CT molecular complexity index is 2640. The number of carbonyl (C=O) groups is 15. The van der Waals surface area contributed by atoms with Gasteiger partial charge >= 0.3 is 60.0 Å². The number of urea groups is 1. The largest absolute Gasteiger partial charge is 0.542 e. The van der Waals surface area contributed by atoms with Gasteiger partial charge in [0.25, 0.3) is 29.5 Å². The summed E-state index contributed by atoms with van der Waals surface area (Å²) in [6, 6.07) is -9.87. The first-order valence-corrected chi connectivity index (χ1v) is 30.0. The van der Waals surface area contributed by atoms with Crippen molar-refractivity contribution in [1.82, 2.24) is 31.9 Å². The zero-order chi connectivity index (χ0) is 73.2. The smallest absolute Gasteiger partial charge is 0.430 e. The Hall–Kier alpha value is -7.49. The molecule has 0 fully saturated rings. The molecule has 0 radical (unpaired) electrons. The molecule has 0 aromatic carbocycles. The lowest BCUT2D eigenvalue weighted by Crippen LogP contribution is -2.55. The van der Waals surface area contributed by atoms with Crippen molar-refractivity contribution >= 4 is 124 Å². The van der Waals surface area contributed by atoms with E-state index in [0.717, 1.165) is 13.8 Å². The van der Waals surface area contributed by atoms with Crippen LogP contribution in [0.1, 0.15) is 131 Å². The number of hydrogen-bond acceptors (Lipinski definition) is 23. The van der Waals surface area contributed by atoms with Gasteiger partial charge in [-0.15, -0.1) is 0 Å². The quantitative estimate of drug-likeness (QED) is 0.0255. The normalized spacial score (nSPS) is 15.5. The molecular formula is C56H86Cl3F3N7O24-. The summed E-state index contributed by atoms with van der Waals surface area (Å²) in [6.45, 7) is 25.3. The van der Waals surface area contributed by atoms with Crippen LogP contribution >= 0.6 is 34.8 Å². The number of rotatable bonds is 34. The molecule has 12 atom stereocenters. The molecule has 0 aromatic heterocycles. The molecule has 31 nitrogen and oxygen atoms in total. The van der Waals surface area contributed by atoms with Crippen LogP contribution in [0.15, 0.2) is 0 Å². The van der Waals surface area contributed by atoms with Crippen LogP contribution < -0.4 is 42.7 Å². The maximum absolute atomic E-state index is 13.8. The SMILES string of the molecule is CC(OC(=O)C(NC(N)=O)C(C)C)C(=O)NC(C(=O)OC(C(=O)NC(C(=O)OC(C)C(=O)NC(C(=O)OC(C)C(=O)NC(C(=O)O[C@@H](C)C(=O)NC(CC(=O)OCC(Cl)(Cl)Cl)C(=O)OC(C(=O)O)C(C)C)C(C)C)C(C)C)C(C)C)C(C)C)C(C)C.O=C([O-])C(F)(F)F. The molecule has 0 aliphatic heterocycles. The Morgan fingerprint density at radius 2 is 0.667 bits per heavy atom. The first-order chi connectivity index (χ1) is 42.3. The highest BCUT2D eigenvalue weighted by Gasteiger charge is 2.41. The van der Waals surface area contributed by atoms with Gasteiger partial charge < -0.3 is 85.8 Å². The summed E-state index contributed by atoms with van der Waals surface area (Å²) in [5.41, 5.74) is 5.16. The summed E-state index contributed by atoms with van der Waals surface area (Å²) in [7, 11) is 0. The predicted molar refractivity (Wildman–Crippen MR) is 317 cm³/mol. The molecule has 532 valence electrons. The highest BCUT2D eigenvalue weighted by atomic mass is 35.6. The van der Waals surface area contributed by atoms with Crippen LogP contribution in [0.25, 0.3) is 0 Å². The number of aliphatic carboxylic acids is 2. The minimum absolute atomic E-state index is 0.465. The Morgan fingerprint density at radius 1 is 0.409 bits per heavy atom. The monoisotopic (exact) mass is 1400 g/mol. The number of amides is 7. The van der Waals surface area contributed by atoms with Crippen LogP contribution in [0, 0.1) is 41.4 Å². The number of hydrogen-bond donors (Lipinski definition) is 8. The molecule has 93 heavy (non-hydrogen) atoms. The Balaban J connectivity index is 0. The van der Waals surface area contributed by atoms with Crippen molar-refractivity contribution < 1.29 is 128 Å². The van der Waals surface area contributed by atoms with E-state index in [1.165, 1.54) is 55.4 Å². The Kier molecular flexibility index (Phi) is 37.6. The average molecular weight is 1400 g/mol. The van der Waals surface area contributed by atoms with Crippen LogP contribution in [0.4, 0.5) is 18.0 Å². The predicted octanol–water partition coefficient (Wildman–Crippen LogP) is 1.28. The standard InChI is InChI=1S/C54H86Cl3N7O22.C2HF3O2/c1-21(2)34(48(74)81-28(15)41(66)59-32(19-33(65)80-20-54(55,56)57)47(73)86-40(27(13)14)46(71)72)60-42(67)29(16)82-49(75)35(22(3)4)61-43(68)30(17)83-50(76)36(23(5)6)63-45(70)39(26(11)12)85-52(78)37(24(7)8)62-44(69)31(18)84-51(77)38(25(9)10)64-53(58)79;3-2(4,5)1(6)7/h21-32,34-40H,19-20H2,1-18H3,(H,59,66)(H,60,67)(H,61,68)(H,62,69)(H,63,70)(H,71,72)(H3,58,64,79);(H,6,7)/p-1/t28-,29?,30?,31?,32?,34?,35?,36?,37?,38?,39?,40?;/m0./s1. The summed E-state index contributed by atoms with van der Waals surface area (Å²) < 4.78 is 66.3. The van der Waals surface area contributed by atoms with Crippen LogP contribution in [0.3, 0.4) is 0 Å². The lowest BCUT2D eigenvalue weighted by Gasteiger charge is -2.29. The van der Waals surface area contributed by atoms with Crippen LogP contribution in [-0.4, -0.2) is 184 Å². The van der Waals surface area contributed by atoms with Gasteiger partial charge in [-0.2, -0.15) is 13.2 Å². The molecule has 7 amide bonds. The topological polar surface area (TPSA) is 462 Å². The number of carboxylic acids is 2. The van der Waals surface area contributed by atoms with Crippen LogP contribution in [0.5, 0.6) is 0 Å². The van der Waals surface area contributed by atoms with Crippen molar-refractivity contribution in [2.75, 3.05) is 6.61 Å². The first-order valence-electron chi connectivity index (χ1n) is 28.8. The summed E-state index contributed by atoms with van der Waals surface area (Å²) in [5, 5.41) is 32.4.